The molecule has 0 radical (unpaired) electrons. The van der Waals surface area contributed by atoms with Gasteiger partial charge >= 0.3 is 0 Å². The van der Waals surface area contributed by atoms with Crippen molar-refractivity contribution in [3.05, 3.63) is 169 Å². The SMILES string of the molecule is Cc1c(Br)cc(C(C)(C)C)c(O)c1C(=O)Nc1ccc(C(c2ccccc2)(c2ccccc2)c2ccccc2)cc1[N+](=O)[O-]. The Balaban J connectivity index is 1.71. The number of anilines is 1. The molecule has 0 aliphatic heterocycles. The molecule has 0 heterocycles. The molecule has 222 valence electrons. The Morgan fingerprint density at radius 3 is 1.68 bits per heavy atom. The third kappa shape index (κ3) is 5.51. The number of halogens is 1. The summed E-state index contributed by atoms with van der Waals surface area (Å²) in [6.07, 6.45) is 0. The molecule has 5 aromatic rings. The first kappa shape index (κ1) is 30.7. The van der Waals surface area contributed by atoms with Gasteiger partial charge in [0.15, 0.2) is 0 Å². The zero-order valence-corrected chi connectivity index (χ0v) is 26.6. The standard InChI is InChI=1S/C37H33BrN2O4/c1-24-30(38)23-29(36(2,3)4)34(41)33(24)35(42)39-31-21-20-28(22-32(31)40(43)44)37(25-14-8-5-9-15-25,26-16-10-6-11-17-26)27-18-12-7-13-19-27/h5-23,41H,1-4H3,(H,39,42). The van der Waals surface area contributed by atoms with E-state index in [4.69, 9.17) is 0 Å². The van der Waals surface area contributed by atoms with E-state index >= 15 is 0 Å². The molecule has 7 heteroatoms. The second kappa shape index (κ2) is 12.1. The average molecular weight is 650 g/mol. The van der Waals surface area contributed by atoms with Gasteiger partial charge in [0.25, 0.3) is 11.6 Å². The highest BCUT2D eigenvalue weighted by Crippen LogP contribution is 2.47. The third-order valence-corrected chi connectivity index (χ3v) is 8.85. The van der Waals surface area contributed by atoms with Crippen LogP contribution in [0, 0.1) is 17.0 Å². The molecule has 0 aliphatic rings. The molecule has 0 aliphatic carbocycles. The van der Waals surface area contributed by atoms with Crippen molar-refractivity contribution in [1.29, 1.82) is 0 Å². The maximum Gasteiger partial charge on any atom is 0.293 e. The van der Waals surface area contributed by atoms with Gasteiger partial charge in [0.05, 0.1) is 15.9 Å². The molecule has 0 atom stereocenters. The van der Waals surface area contributed by atoms with Gasteiger partial charge < -0.3 is 10.4 Å². The molecular weight excluding hydrogens is 616 g/mol. The number of carbonyl (C=O) groups is 1. The molecule has 0 spiro atoms. The fraction of sp³-hybridized carbons (Fsp3) is 0.162. The van der Waals surface area contributed by atoms with Crippen LogP contribution >= 0.6 is 15.9 Å². The second-order valence-electron chi connectivity index (χ2n) is 11.8. The highest BCUT2D eigenvalue weighted by atomic mass is 79.9. The predicted octanol–water partition coefficient (Wildman–Crippen LogP) is 9.30. The fourth-order valence-electron chi connectivity index (χ4n) is 5.86. The van der Waals surface area contributed by atoms with Crippen molar-refractivity contribution in [3.63, 3.8) is 0 Å². The number of amides is 1. The van der Waals surface area contributed by atoms with Gasteiger partial charge in [0.2, 0.25) is 0 Å². The number of nitrogens with one attached hydrogen (secondary N) is 1. The highest BCUT2D eigenvalue weighted by Gasteiger charge is 2.39. The summed E-state index contributed by atoms with van der Waals surface area (Å²) in [4.78, 5) is 25.8. The number of phenolic OH excluding ortho intramolecular Hbond substituents is 1. The molecule has 1 amide bonds. The van der Waals surface area contributed by atoms with E-state index < -0.39 is 21.7 Å². The molecule has 0 fully saturated rings. The van der Waals surface area contributed by atoms with E-state index in [2.05, 4.69) is 21.2 Å². The van der Waals surface area contributed by atoms with E-state index in [1.54, 1.807) is 19.1 Å². The van der Waals surface area contributed by atoms with Gasteiger partial charge in [-0.1, -0.05) is 134 Å². The molecular formula is C37H33BrN2O4. The van der Waals surface area contributed by atoms with Gasteiger partial charge in [-0.15, -0.1) is 0 Å². The van der Waals surface area contributed by atoms with Crippen molar-refractivity contribution in [3.8, 4) is 5.75 Å². The van der Waals surface area contributed by atoms with Gasteiger partial charge in [0, 0.05) is 16.1 Å². The van der Waals surface area contributed by atoms with Crippen LogP contribution < -0.4 is 5.32 Å². The van der Waals surface area contributed by atoms with Crippen LogP contribution in [0.25, 0.3) is 0 Å². The van der Waals surface area contributed by atoms with Crippen LogP contribution in [0.3, 0.4) is 0 Å². The minimum atomic E-state index is -0.891. The van der Waals surface area contributed by atoms with Crippen molar-refractivity contribution in [2.24, 2.45) is 0 Å². The maximum absolute atomic E-state index is 13.7. The average Bonchev–Trinajstić information content (AvgIpc) is 3.01. The van der Waals surface area contributed by atoms with Crippen molar-refractivity contribution in [2.75, 3.05) is 5.32 Å². The normalized spacial score (nSPS) is 11.7. The van der Waals surface area contributed by atoms with E-state index in [-0.39, 0.29) is 22.7 Å². The number of nitro benzene ring substituents is 1. The van der Waals surface area contributed by atoms with Gasteiger partial charge in [-0.05, 0) is 52.3 Å². The van der Waals surface area contributed by atoms with Crippen LogP contribution in [0.15, 0.2) is 120 Å². The molecule has 0 saturated carbocycles. The summed E-state index contributed by atoms with van der Waals surface area (Å²) >= 11 is 3.51. The van der Waals surface area contributed by atoms with E-state index in [1.165, 1.54) is 6.07 Å². The Hall–Kier alpha value is -4.75. The minimum absolute atomic E-state index is 0.0305. The third-order valence-electron chi connectivity index (χ3n) is 8.03. The summed E-state index contributed by atoms with van der Waals surface area (Å²) in [5.41, 5.74) is 3.10. The highest BCUT2D eigenvalue weighted by molar-refractivity contribution is 9.10. The first-order valence-corrected chi connectivity index (χ1v) is 15.0. The van der Waals surface area contributed by atoms with Gasteiger partial charge in [0.1, 0.15) is 11.4 Å². The van der Waals surface area contributed by atoms with Crippen molar-refractivity contribution >= 4 is 33.2 Å². The topological polar surface area (TPSA) is 92.5 Å². The Labute approximate surface area is 265 Å². The molecule has 5 rings (SSSR count). The summed E-state index contributed by atoms with van der Waals surface area (Å²) in [5.74, 6) is -0.783. The van der Waals surface area contributed by atoms with E-state index in [9.17, 15) is 20.0 Å². The maximum atomic E-state index is 13.7. The van der Waals surface area contributed by atoms with Gasteiger partial charge in [-0.2, -0.15) is 0 Å². The van der Waals surface area contributed by atoms with Crippen molar-refractivity contribution in [2.45, 2.75) is 38.5 Å². The van der Waals surface area contributed by atoms with Crippen LogP contribution in [0.2, 0.25) is 0 Å². The van der Waals surface area contributed by atoms with Crippen molar-refractivity contribution < 1.29 is 14.8 Å². The summed E-state index contributed by atoms with van der Waals surface area (Å²) in [5, 5.41) is 26.5. The molecule has 0 bridgehead atoms. The minimum Gasteiger partial charge on any atom is -0.507 e. The lowest BCUT2D eigenvalue weighted by atomic mass is 9.65. The number of hydrogen-bond acceptors (Lipinski definition) is 4. The molecule has 0 unspecified atom stereocenters. The van der Waals surface area contributed by atoms with Crippen LogP contribution in [0.4, 0.5) is 11.4 Å². The first-order valence-electron chi connectivity index (χ1n) is 14.3. The fourth-order valence-corrected chi connectivity index (χ4v) is 6.28. The van der Waals surface area contributed by atoms with E-state index in [1.807, 2.05) is 118 Å². The van der Waals surface area contributed by atoms with Crippen LogP contribution in [-0.4, -0.2) is 15.9 Å². The summed E-state index contributed by atoms with van der Waals surface area (Å²) in [6.45, 7) is 7.53. The largest absolute Gasteiger partial charge is 0.507 e. The van der Waals surface area contributed by atoms with Crippen LogP contribution in [0.1, 0.15) is 64.5 Å². The van der Waals surface area contributed by atoms with Crippen molar-refractivity contribution in [1.82, 2.24) is 0 Å². The number of carbonyl (C=O) groups excluding carboxylic acids is 1. The number of nitro groups is 1. The monoisotopic (exact) mass is 648 g/mol. The van der Waals surface area contributed by atoms with E-state index in [0.717, 1.165) is 16.7 Å². The Kier molecular flexibility index (Phi) is 8.44. The Bertz CT molecular complexity index is 1740. The Morgan fingerprint density at radius 1 is 0.773 bits per heavy atom. The molecule has 0 aromatic heterocycles. The summed E-state index contributed by atoms with van der Waals surface area (Å²) in [7, 11) is 0. The van der Waals surface area contributed by atoms with Gasteiger partial charge in [-0.3, -0.25) is 14.9 Å². The van der Waals surface area contributed by atoms with Gasteiger partial charge in [-0.25, -0.2) is 0 Å². The van der Waals surface area contributed by atoms with Crippen LogP contribution in [-0.2, 0) is 10.8 Å². The predicted molar refractivity (Wildman–Crippen MR) is 179 cm³/mol. The van der Waals surface area contributed by atoms with E-state index in [0.29, 0.717) is 21.2 Å². The molecule has 44 heavy (non-hydrogen) atoms. The zero-order valence-electron chi connectivity index (χ0n) is 25.0. The molecule has 2 N–H and O–H groups in total. The number of phenols is 1. The lowest BCUT2D eigenvalue weighted by Crippen LogP contribution is -2.31. The van der Waals surface area contributed by atoms with Crippen LogP contribution in [0.5, 0.6) is 5.75 Å². The molecule has 0 saturated heterocycles. The molecule has 5 aromatic carbocycles. The Morgan fingerprint density at radius 2 is 1.25 bits per heavy atom. The number of hydrogen-bond donors (Lipinski definition) is 2. The second-order valence-corrected chi connectivity index (χ2v) is 12.7. The number of aromatic hydroxyl groups is 1. The number of benzene rings is 5. The first-order chi connectivity index (χ1) is 21.0. The number of rotatable bonds is 7. The number of nitrogens with zero attached hydrogens (tertiary/aromatic N) is 1. The zero-order chi connectivity index (χ0) is 31.6. The smallest absolute Gasteiger partial charge is 0.293 e. The quantitative estimate of drug-likeness (QED) is 0.104. The lowest BCUT2D eigenvalue weighted by Gasteiger charge is -2.36. The summed E-state index contributed by atoms with van der Waals surface area (Å²) in [6, 6.07) is 36.4. The lowest BCUT2D eigenvalue weighted by molar-refractivity contribution is -0.384. The molecule has 6 nitrogen and oxygen atoms in total. The summed E-state index contributed by atoms with van der Waals surface area (Å²) < 4.78 is 0.661.